The molecule has 1 atom stereocenters. The Kier molecular flexibility index (Phi) is 5.55. The van der Waals surface area contributed by atoms with Gasteiger partial charge in [0.1, 0.15) is 5.75 Å². The van der Waals surface area contributed by atoms with Gasteiger partial charge in [-0.15, -0.1) is 0 Å². The van der Waals surface area contributed by atoms with Crippen LogP contribution in [-0.4, -0.2) is 36.6 Å². The quantitative estimate of drug-likeness (QED) is 0.772. The van der Waals surface area contributed by atoms with Crippen LogP contribution < -0.4 is 15.4 Å². The van der Waals surface area contributed by atoms with Gasteiger partial charge in [-0.2, -0.15) is 5.10 Å². The van der Waals surface area contributed by atoms with Crippen LogP contribution in [0.15, 0.2) is 36.7 Å². The number of carbonyl (C=O) groups is 1. The predicted molar refractivity (Wildman–Crippen MR) is 94.7 cm³/mol. The number of amides is 2. The van der Waals surface area contributed by atoms with Crippen molar-refractivity contribution in [3.05, 3.63) is 42.2 Å². The monoisotopic (exact) mass is 344 g/mol. The summed E-state index contributed by atoms with van der Waals surface area (Å²) in [5, 5.41) is 10.1. The molecule has 0 unspecified atom stereocenters. The molecule has 1 aromatic carbocycles. The van der Waals surface area contributed by atoms with E-state index in [1.807, 2.05) is 24.3 Å². The van der Waals surface area contributed by atoms with Crippen LogP contribution in [-0.2, 0) is 11.3 Å². The highest BCUT2D eigenvalue weighted by Gasteiger charge is 2.33. The number of nitrogens with one attached hydrogen (secondary N) is 2. The second-order valence-electron chi connectivity index (χ2n) is 6.17. The number of rotatable bonds is 8. The Morgan fingerprint density at radius 1 is 1.32 bits per heavy atom. The van der Waals surface area contributed by atoms with Crippen LogP contribution in [0.1, 0.15) is 24.4 Å². The summed E-state index contributed by atoms with van der Waals surface area (Å²) < 4.78 is 12.0. The second-order valence-corrected chi connectivity index (χ2v) is 6.17. The summed E-state index contributed by atoms with van der Waals surface area (Å²) in [6.45, 7) is 1.23. The Hall–Kier alpha value is -2.54. The maximum Gasteiger partial charge on any atom is 0.319 e. The number of hydrogen-bond donors (Lipinski definition) is 2. The maximum absolute atomic E-state index is 12.4. The van der Waals surface area contributed by atoms with E-state index < -0.39 is 0 Å². The van der Waals surface area contributed by atoms with Gasteiger partial charge in [-0.3, -0.25) is 4.68 Å². The van der Waals surface area contributed by atoms with Crippen molar-refractivity contribution in [2.45, 2.75) is 25.4 Å². The first-order chi connectivity index (χ1) is 12.2. The van der Waals surface area contributed by atoms with Gasteiger partial charge < -0.3 is 20.1 Å². The van der Waals surface area contributed by atoms with Gasteiger partial charge in [0.2, 0.25) is 0 Å². The first kappa shape index (κ1) is 17.3. The predicted octanol–water partition coefficient (Wildman–Crippen LogP) is 2.81. The van der Waals surface area contributed by atoms with Gasteiger partial charge in [-0.25, -0.2) is 4.79 Å². The molecule has 0 spiro atoms. The van der Waals surface area contributed by atoms with Gasteiger partial charge in [0.05, 0.1) is 38.2 Å². The largest absolute Gasteiger partial charge is 0.497 e. The van der Waals surface area contributed by atoms with E-state index in [1.165, 1.54) is 0 Å². The van der Waals surface area contributed by atoms with Gasteiger partial charge in [-0.1, -0.05) is 12.1 Å². The molecule has 2 N–H and O–H groups in total. The first-order valence-electron chi connectivity index (χ1n) is 8.42. The summed E-state index contributed by atoms with van der Waals surface area (Å²) in [7, 11) is 3.29. The molecule has 1 fully saturated rings. The topological polar surface area (TPSA) is 77.4 Å². The lowest BCUT2D eigenvalue weighted by molar-refractivity contribution is 0.183. The average Bonchev–Trinajstić information content (AvgIpc) is 3.38. The van der Waals surface area contributed by atoms with Gasteiger partial charge in [0, 0.05) is 13.3 Å². The van der Waals surface area contributed by atoms with E-state index in [2.05, 4.69) is 15.7 Å². The highest BCUT2D eigenvalue weighted by atomic mass is 16.5. The van der Waals surface area contributed by atoms with Crippen LogP contribution in [0.3, 0.4) is 0 Å². The number of hydrogen-bond acceptors (Lipinski definition) is 4. The minimum absolute atomic E-state index is 0.00874. The average molecular weight is 344 g/mol. The van der Waals surface area contributed by atoms with Gasteiger partial charge in [0.25, 0.3) is 0 Å². The number of urea groups is 1. The highest BCUT2D eigenvalue weighted by molar-refractivity contribution is 5.89. The Balaban J connectivity index is 1.60. The smallest absolute Gasteiger partial charge is 0.319 e. The number of methoxy groups -OCH3 is 2. The van der Waals surface area contributed by atoms with Gasteiger partial charge in [-0.05, 0) is 36.5 Å². The Morgan fingerprint density at radius 3 is 2.72 bits per heavy atom. The second kappa shape index (κ2) is 8.02. The summed E-state index contributed by atoms with van der Waals surface area (Å²) in [5.74, 6) is 1.30. The van der Waals surface area contributed by atoms with Gasteiger partial charge in [0.15, 0.2) is 0 Å². The molecule has 134 valence electrons. The van der Waals surface area contributed by atoms with E-state index >= 15 is 0 Å². The number of nitrogens with zero attached hydrogens (tertiary/aromatic N) is 2. The van der Waals surface area contributed by atoms with Crippen molar-refractivity contribution in [1.82, 2.24) is 15.1 Å². The molecule has 0 bridgehead atoms. The fourth-order valence-corrected chi connectivity index (χ4v) is 2.76. The molecule has 7 nitrogen and oxygen atoms in total. The zero-order valence-corrected chi connectivity index (χ0v) is 14.6. The summed E-state index contributed by atoms with van der Waals surface area (Å²) in [6.07, 6.45) is 5.69. The summed E-state index contributed by atoms with van der Waals surface area (Å²) >= 11 is 0. The lowest BCUT2D eigenvalue weighted by Gasteiger charge is -2.19. The number of carbonyl (C=O) groups excluding carboxylic acids is 1. The molecule has 1 saturated carbocycles. The third kappa shape index (κ3) is 4.73. The van der Waals surface area contributed by atoms with Crippen LogP contribution in [0.2, 0.25) is 0 Å². The summed E-state index contributed by atoms with van der Waals surface area (Å²) in [6, 6.07) is 7.64. The fraction of sp³-hybridized carbons (Fsp3) is 0.444. The van der Waals surface area contributed by atoms with E-state index in [1.54, 1.807) is 31.3 Å². The number of ether oxygens (including phenoxy) is 2. The SMILES string of the molecule is COCCn1cc(NC(=O)N[C@@H](c2ccc(OC)cc2)C2CC2)cn1. The molecule has 2 aromatic rings. The maximum atomic E-state index is 12.4. The molecule has 7 heteroatoms. The van der Waals surface area contributed by atoms with Crippen molar-refractivity contribution in [1.29, 1.82) is 0 Å². The van der Waals surface area contributed by atoms with Gasteiger partial charge >= 0.3 is 6.03 Å². The summed E-state index contributed by atoms with van der Waals surface area (Å²) in [5.41, 5.74) is 1.76. The van der Waals surface area contributed by atoms with Crippen molar-refractivity contribution in [3.63, 3.8) is 0 Å². The summed E-state index contributed by atoms with van der Waals surface area (Å²) in [4.78, 5) is 12.4. The molecular formula is C18H24N4O3. The van der Waals surface area contributed by atoms with Crippen LogP contribution >= 0.6 is 0 Å². The van der Waals surface area contributed by atoms with Crippen LogP contribution in [0.25, 0.3) is 0 Å². The third-order valence-corrected chi connectivity index (χ3v) is 4.27. The minimum Gasteiger partial charge on any atom is -0.497 e. The van der Waals surface area contributed by atoms with Crippen molar-refractivity contribution < 1.29 is 14.3 Å². The van der Waals surface area contributed by atoms with Crippen LogP contribution in [0.5, 0.6) is 5.75 Å². The molecule has 0 saturated heterocycles. The minimum atomic E-state index is -0.223. The molecule has 25 heavy (non-hydrogen) atoms. The molecular weight excluding hydrogens is 320 g/mol. The highest BCUT2D eigenvalue weighted by Crippen LogP contribution is 2.41. The van der Waals surface area contributed by atoms with E-state index in [4.69, 9.17) is 9.47 Å². The first-order valence-corrected chi connectivity index (χ1v) is 8.42. The van der Waals surface area contributed by atoms with Crippen molar-refractivity contribution in [2.24, 2.45) is 5.92 Å². The van der Waals surface area contributed by atoms with E-state index in [-0.39, 0.29) is 12.1 Å². The zero-order valence-electron chi connectivity index (χ0n) is 14.6. The Morgan fingerprint density at radius 2 is 2.08 bits per heavy atom. The van der Waals surface area contributed by atoms with Crippen molar-refractivity contribution in [2.75, 3.05) is 26.1 Å². The Labute approximate surface area is 147 Å². The molecule has 1 aliphatic rings. The molecule has 1 aromatic heterocycles. The van der Waals surface area contributed by atoms with E-state index in [0.29, 0.717) is 24.8 Å². The molecule has 1 heterocycles. The van der Waals surface area contributed by atoms with E-state index in [0.717, 1.165) is 24.2 Å². The third-order valence-electron chi connectivity index (χ3n) is 4.27. The van der Waals surface area contributed by atoms with Crippen molar-refractivity contribution in [3.8, 4) is 5.75 Å². The van der Waals surface area contributed by atoms with Crippen molar-refractivity contribution >= 4 is 11.7 Å². The molecule has 0 aliphatic heterocycles. The number of benzene rings is 1. The van der Waals surface area contributed by atoms with Crippen LogP contribution in [0, 0.1) is 5.92 Å². The molecule has 2 amide bonds. The van der Waals surface area contributed by atoms with E-state index in [9.17, 15) is 4.79 Å². The molecule has 1 aliphatic carbocycles. The van der Waals surface area contributed by atoms with Crippen LogP contribution in [0.4, 0.5) is 10.5 Å². The molecule has 0 radical (unpaired) electrons. The standard InChI is InChI=1S/C18H24N4O3/c1-24-10-9-22-12-15(11-19-22)20-18(23)21-17(13-3-4-13)14-5-7-16(25-2)8-6-14/h5-8,11-13,17H,3-4,9-10H2,1-2H3,(H2,20,21,23)/t17-/m1/s1. The zero-order chi connectivity index (χ0) is 17.6. The number of anilines is 1. The molecule has 3 rings (SSSR count). The lowest BCUT2D eigenvalue weighted by Crippen LogP contribution is -2.33. The normalized spacial score (nSPS) is 14.8. The lowest BCUT2D eigenvalue weighted by atomic mass is 10.0. The fourth-order valence-electron chi connectivity index (χ4n) is 2.76. The Bertz CT molecular complexity index is 695. The number of aromatic nitrogens is 2.